The Morgan fingerprint density at radius 3 is 2.33 bits per heavy atom. The van der Waals surface area contributed by atoms with Gasteiger partial charge in [-0.2, -0.15) is 0 Å². The normalized spacial score (nSPS) is 10.5. The summed E-state index contributed by atoms with van der Waals surface area (Å²) in [6.07, 6.45) is 3.02. The van der Waals surface area contributed by atoms with E-state index in [0.29, 0.717) is 6.42 Å². The van der Waals surface area contributed by atoms with Crippen molar-refractivity contribution in [1.29, 1.82) is 0 Å². The zero-order chi connectivity index (χ0) is 11.3. The number of rotatable bonds is 4. The minimum atomic E-state index is -0.970. The summed E-state index contributed by atoms with van der Waals surface area (Å²) >= 11 is 0. The van der Waals surface area contributed by atoms with E-state index in [1.165, 1.54) is 13.0 Å². The van der Waals surface area contributed by atoms with Crippen LogP contribution in [-0.2, 0) is 16.0 Å². The summed E-state index contributed by atoms with van der Waals surface area (Å²) in [6.45, 7) is 1.54. The van der Waals surface area contributed by atoms with Crippen molar-refractivity contribution in [2.45, 2.75) is 13.3 Å². The van der Waals surface area contributed by atoms with Crippen molar-refractivity contribution in [2.24, 2.45) is 0 Å². The molecule has 0 saturated heterocycles. The topological polar surface area (TPSA) is 54.4 Å². The minimum Gasteiger partial charge on any atom is -0.478 e. The molecule has 0 spiro atoms. The molecule has 0 saturated carbocycles. The number of carbonyl (C=O) groups is 2. The van der Waals surface area contributed by atoms with Crippen LogP contribution >= 0.6 is 0 Å². The van der Waals surface area contributed by atoms with Crippen LogP contribution in [0.15, 0.2) is 30.3 Å². The summed E-state index contributed by atoms with van der Waals surface area (Å²) in [4.78, 5) is 21.1. The largest absolute Gasteiger partial charge is 0.478 e. The van der Waals surface area contributed by atoms with Crippen LogP contribution in [0.2, 0.25) is 0 Å². The number of Topliss-reactive ketones (excluding diaryl/α,β-unsaturated/α-hetero) is 1. The Hall–Kier alpha value is -1.90. The quantitative estimate of drug-likeness (QED) is 0.762. The molecule has 0 bridgehead atoms. The second kappa shape index (κ2) is 5.10. The first-order valence-electron chi connectivity index (χ1n) is 4.57. The number of carbonyl (C=O) groups excluding carboxylic acids is 1. The minimum absolute atomic E-state index is 0.115. The molecule has 0 atom stereocenters. The average Bonchev–Trinajstić information content (AvgIpc) is 2.16. The van der Waals surface area contributed by atoms with E-state index in [2.05, 4.69) is 0 Å². The average molecular weight is 204 g/mol. The summed E-state index contributed by atoms with van der Waals surface area (Å²) in [7, 11) is 0. The van der Waals surface area contributed by atoms with Gasteiger partial charge in [0.1, 0.15) is 5.78 Å². The summed E-state index contributed by atoms with van der Waals surface area (Å²) in [5.74, 6) is -0.855. The SMILES string of the molecule is CC(=O)Cc1ccc(/C=C/C(=O)O)cc1. The van der Waals surface area contributed by atoms with Crippen molar-refractivity contribution in [2.75, 3.05) is 0 Å². The summed E-state index contributed by atoms with van der Waals surface area (Å²) in [5, 5.41) is 8.42. The van der Waals surface area contributed by atoms with Gasteiger partial charge in [-0.3, -0.25) is 4.79 Å². The van der Waals surface area contributed by atoms with E-state index in [9.17, 15) is 9.59 Å². The summed E-state index contributed by atoms with van der Waals surface area (Å²) in [6, 6.07) is 7.22. The molecule has 0 heterocycles. The third-order valence-electron chi connectivity index (χ3n) is 1.85. The van der Waals surface area contributed by atoms with E-state index in [1.807, 2.05) is 12.1 Å². The van der Waals surface area contributed by atoms with Crippen molar-refractivity contribution in [1.82, 2.24) is 0 Å². The fourth-order valence-electron chi connectivity index (χ4n) is 1.20. The highest BCUT2D eigenvalue weighted by Crippen LogP contribution is 2.07. The molecule has 1 rings (SSSR count). The molecule has 15 heavy (non-hydrogen) atoms. The lowest BCUT2D eigenvalue weighted by atomic mass is 10.1. The van der Waals surface area contributed by atoms with Gasteiger partial charge in [0, 0.05) is 12.5 Å². The highest BCUT2D eigenvalue weighted by Gasteiger charge is 1.96. The van der Waals surface area contributed by atoms with Gasteiger partial charge in [0.25, 0.3) is 0 Å². The van der Waals surface area contributed by atoms with Crippen molar-refractivity contribution in [3.05, 3.63) is 41.5 Å². The standard InChI is InChI=1S/C12H12O3/c1-9(13)8-11-4-2-10(3-5-11)6-7-12(14)15/h2-7H,8H2,1H3,(H,14,15)/b7-6+. The summed E-state index contributed by atoms with van der Waals surface area (Å²) < 4.78 is 0. The van der Waals surface area contributed by atoms with Gasteiger partial charge in [0.15, 0.2) is 0 Å². The zero-order valence-corrected chi connectivity index (χ0v) is 8.43. The molecule has 1 N–H and O–H groups in total. The van der Waals surface area contributed by atoms with Gasteiger partial charge in [-0.1, -0.05) is 24.3 Å². The number of aliphatic carboxylic acids is 1. The Morgan fingerprint density at radius 2 is 1.87 bits per heavy atom. The maximum Gasteiger partial charge on any atom is 0.328 e. The van der Waals surface area contributed by atoms with Crippen LogP contribution in [0.1, 0.15) is 18.1 Å². The summed E-state index contributed by atoms with van der Waals surface area (Å²) in [5.41, 5.74) is 1.75. The lowest BCUT2D eigenvalue weighted by Gasteiger charge is -1.98. The molecule has 3 nitrogen and oxygen atoms in total. The number of carboxylic acids is 1. The Bertz CT molecular complexity index is 388. The predicted octanol–water partition coefficient (Wildman–Crippen LogP) is 1.92. The molecule has 1 aromatic carbocycles. The van der Waals surface area contributed by atoms with E-state index in [0.717, 1.165) is 17.2 Å². The van der Waals surface area contributed by atoms with Crippen molar-refractivity contribution < 1.29 is 14.7 Å². The third-order valence-corrected chi connectivity index (χ3v) is 1.85. The maximum atomic E-state index is 10.8. The van der Waals surface area contributed by atoms with Gasteiger partial charge in [0.2, 0.25) is 0 Å². The molecule has 3 heteroatoms. The number of hydrogen-bond acceptors (Lipinski definition) is 2. The first kappa shape index (κ1) is 11.2. The van der Waals surface area contributed by atoms with E-state index >= 15 is 0 Å². The Balaban J connectivity index is 2.72. The van der Waals surface area contributed by atoms with Crippen LogP contribution in [0, 0.1) is 0 Å². The Labute approximate surface area is 88.0 Å². The molecule has 78 valence electrons. The van der Waals surface area contributed by atoms with Crippen molar-refractivity contribution in [3.8, 4) is 0 Å². The molecule has 0 aliphatic carbocycles. The molecule has 0 aliphatic rings. The van der Waals surface area contributed by atoms with Crippen LogP contribution in [0.4, 0.5) is 0 Å². The van der Waals surface area contributed by atoms with Crippen LogP contribution in [-0.4, -0.2) is 16.9 Å². The van der Waals surface area contributed by atoms with E-state index in [4.69, 9.17) is 5.11 Å². The second-order valence-corrected chi connectivity index (χ2v) is 3.29. The fraction of sp³-hybridized carbons (Fsp3) is 0.167. The molecule has 0 fully saturated rings. The Kier molecular flexibility index (Phi) is 3.80. The van der Waals surface area contributed by atoms with E-state index < -0.39 is 5.97 Å². The molecular formula is C12H12O3. The molecule has 0 radical (unpaired) electrons. The van der Waals surface area contributed by atoms with Gasteiger partial charge in [-0.05, 0) is 24.1 Å². The van der Waals surface area contributed by atoms with E-state index in [-0.39, 0.29) is 5.78 Å². The van der Waals surface area contributed by atoms with Gasteiger partial charge in [-0.25, -0.2) is 4.79 Å². The lowest BCUT2D eigenvalue weighted by molar-refractivity contribution is -0.131. The molecule has 0 aromatic heterocycles. The van der Waals surface area contributed by atoms with Crippen LogP contribution in [0.25, 0.3) is 6.08 Å². The third kappa shape index (κ3) is 4.22. The molecule has 0 amide bonds. The van der Waals surface area contributed by atoms with Gasteiger partial charge in [-0.15, -0.1) is 0 Å². The van der Waals surface area contributed by atoms with Crippen LogP contribution < -0.4 is 0 Å². The fourth-order valence-corrected chi connectivity index (χ4v) is 1.20. The highest BCUT2D eigenvalue weighted by molar-refractivity contribution is 5.85. The highest BCUT2D eigenvalue weighted by atomic mass is 16.4. The lowest BCUT2D eigenvalue weighted by Crippen LogP contribution is -1.95. The van der Waals surface area contributed by atoms with Gasteiger partial charge >= 0.3 is 5.97 Å². The van der Waals surface area contributed by atoms with Crippen LogP contribution in [0.5, 0.6) is 0 Å². The predicted molar refractivity (Wildman–Crippen MR) is 57.5 cm³/mol. The smallest absolute Gasteiger partial charge is 0.328 e. The first-order valence-corrected chi connectivity index (χ1v) is 4.57. The molecule has 1 aromatic rings. The molecule has 0 unspecified atom stereocenters. The van der Waals surface area contributed by atoms with Crippen LogP contribution in [0.3, 0.4) is 0 Å². The van der Waals surface area contributed by atoms with Gasteiger partial charge < -0.3 is 5.11 Å². The van der Waals surface area contributed by atoms with Gasteiger partial charge in [0.05, 0.1) is 0 Å². The first-order chi connectivity index (χ1) is 7.08. The molecule has 0 aliphatic heterocycles. The molecular weight excluding hydrogens is 192 g/mol. The maximum absolute atomic E-state index is 10.8. The second-order valence-electron chi connectivity index (χ2n) is 3.29. The number of ketones is 1. The Morgan fingerprint density at radius 1 is 1.27 bits per heavy atom. The number of hydrogen-bond donors (Lipinski definition) is 1. The zero-order valence-electron chi connectivity index (χ0n) is 8.43. The number of benzene rings is 1. The monoisotopic (exact) mass is 204 g/mol. The number of carboxylic acid groups (broad SMARTS) is 1. The van der Waals surface area contributed by atoms with Crippen molar-refractivity contribution >= 4 is 17.8 Å². The van der Waals surface area contributed by atoms with E-state index in [1.54, 1.807) is 12.1 Å². The van der Waals surface area contributed by atoms with Crippen molar-refractivity contribution in [3.63, 3.8) is 0 Å².